The molecule has 1 N–H and O–H groups in total. The molecule has 112 valence electrons. The Bertz CT molecular complexity index is 752. The number of benzene rings is 1. The summed E-state index contributed by atoms with van der Waals surface area (Å²) in [6.07, 6.45) is -0.261. The second kappa shape index (κ2) is 6.60. The summed E-state index contributed by atoms with van der Waals surface area (Å²) in [6.45, 7) is 1.94. The van der Waals surface area contributed by atoms with Crippen molar-refractivity contribution in [1.29, 1.82) is 0 Å². The van der Waals surface area contributed by atoms with Gasteiger partial charge in [-0.3, -0.25) is 14.3 Å². The van der Waals surface area contributed by atoms with Crippen molar-refractivity contribution in [3.63, 3.8) is 0 Å². The van der Waals surface area contributed by atoms with Gasteiger partial charge in [0.15, 0.2) is 0 Å². The van der Waals surface area contributed by atoms with Crippen molar-refractivity contribution < 1.29 is 4.74 Å². The summed E-state index contributed by atoms with van der Waals surface area (Å²) in [4.78, 5) is 26.9. The van der Waals surface area contributed by atoms with Crippen LogP contribution in [0.1, 0.15) is 6.92 Å². The third kappa shape index (κ3) is 3.45. The van der Waals surface area contributed by atoms with Crippen LogP contribution in [0.4, 0.5) is 0 Å². The predicted molar refractivity (Wildman–Crippen MR) is 85.9 cm³/mol. The van der Waals surface area contributed by atoms with Gasteiger partial charge in [0.1, 0.15) is 5.15 Å². The van der Waals surface area contributed by atoms with Gasteiger partial charge in [-0.25, -0.2) is 4.79 Å². The van der Waals surface area contributed by atoms with Gasteiger partial charge in [0.05, 0.1) is 18.2 Å². The molecule has 1 heterocycles. The molecule has 0 fully saturated rings. The van der Waals surface area contributed by atoms with Gasteiger partial charge in [-0.2, -0.15) is 0 Å². The molecule has 0 bridgehead atoms. The van der Waals surface area contributed by atoms with Crippen LogP contribution in [0.3, 0.4) is 0 Å². The zero-order valence-electron chi connectivity index (χ0n) is 11.5. The van der Waals surface area contributed by atoms with Crippen molar-refractivity contribution in [2.75, 3.05) is 7.11 Å². The third-order valence-electron chi connectivity index (χ3n) is 3.12. The number of ether oxygens (including phenoxy) is 1. The summed E-state index contributed by atoms with van der Waals surface area (Å²) in [5, 5.41) is 0.0358. The van der Waals surface area contributed by atoms with E-state index < -0.39 is 11.2 Å². The Morgan fingerprint density at radius 1 is 1.33 bits per heavy atom. The van der Waals surface area contributed by atoms with Gasteiger partial charge >= 0.3 is 5.69 Å². The number of aromatic amines is 1. The van der Waals surface area contributed by atoms with Crippen LogP contribution in [0.5, 0.6) is 0 Å². The standard InChI is InChI=1S/C14H14BrClN2O3/c1-8(21-2)7-18-13(19)11(12(16)17-14(18)20)9-3-5-10(15)6-4-9/h3-6,8H,7H2,1-2H3,(H,17,20). The fourth-order valence-electron chi connectivity index (χ4n) is 1.91. The van der Waals surface area contributed by atoms with Crippen molar-refractivity contribution in [3.8, 4) is 11.1 Å². The van der Waals surface area contributed by atoms with E-state index in [0.29, 0.717) is 5.56 Å². The summed E-state index contributed by atoms with van der Waals surface area (Å²) in [6, 6.07) is 7.13. The minimum atomic E-state index is -0.547. The summed E-state index contributed by atoms with van der Waals surface area (Å²) in [5.74, 6) is 0. The number of aromatic nitrogens is 2. The highest BCUT2D eigenvalue weighted by atomic mass is 79.9. The van der Waals surface area contributed by atoms with E-state index in [1.807, 2.05) is 0 Å². The van der Waals surface area contributed by atoms with Gasteiger partial charge in [0.25, 0.3) is 5.56 Å². The van der Waals surface area contributed by atoms with E-state index in [1.54, 1.807) is 31.2 Å². The Balaban J connectivity index is 2.62. The molecule has 0 aliphatic carbocycles. The maximum Gasteiger partial charge on any atom is 0.329 e. The molecule has 0 amide bonds. The highest BCUT2D eigenvalue weighted by Gasteiger charge is 2.16. The average molecular weight is 374 g/mol. The minimum absolute atomic E-state index is 0.0358. The van der Waals surface area contributed by atoms with E-state index in [2.05, 4.69) is 20.9 Å². The number of rotatable bonds is 4. The number of hydrogen-bond donors (Lipinski definition) is 1. The molecule has 0 aliphatic heterocycles. The Morgan fingerprint density at radius 2 is 1.95 bits per heavy atom. The van der Waals surface area contributed by atoms with E-state index >= 15 is 0 Å². The van der Waals surface area contributed by atoms with Gasteiger partial charge in [-0.1, -0.05) is 39.7 Å². The Hall–Kier alpha value is -1.37. The smallest absolute Gasteiger partial charge is 0.329 e. The molecule has 0 saturated carbocycles. The fraction of sp³-hybridized carbons (Fsp3) is 0.286. The molecule has 0 saturated heterocycles. The maximum atomic E-state index is 12.5. The molecule has 2 aromatic rings. The Labute approximate surface area is 134 Å². The van der Waals surface area contributed by atoms with Crippen molar-refractivity contribution in [2.24, 2.45) is 0 Å². The zero-order valence-corrected chi connectivity index (χ0v) is 13.9. The first-order valence-corrected chi connectivity index (χ1v) is 7.42. The highest BCUT2D eigenvalue weighted by molar-refractivity contribution is 9.10. The van der Waals surface area contributed by atoms with Crippen LogP contribution in [0.25, 0.3) is 11.1 Å². The van der Waals surface area contributed by atoms with Crippen molar-refractivity contribution in [3.05, 3.63) is 54.7 Å². The second-order valence-corrected chi connectivity index (χ2v) is 5.88. The Morgan fingerprint density at radius 3 is 2.52 bits per heavy atom. The molecule has 1 aromatic heterocycles. The Kier molecular flexibility index (Phi) is 5.03. The summed E-state index contributed by atoms with van der Waals surface area (Å²) < 4.78 is 7.09. The fourth-order valence-corrected chi connectivity index (χ4v) is 2.44. The van der Waals surface area contributed by atoms with Crippen LogP contribution >= 0.6 is 27.5 Å². The quantitative estimate of drug-likeness (QED) is 0.838. The third-order valence-corrected chi connectivity index (χ3v) is 3.93. The lowest BCUT2D eigenvalue weighted by atomic mass is 10.1. The molecular formula is C14H14BrClN2O3. The monoisotopic (exact) mass is 372 g/mol. The normalized spacial score (nSPS) is 12.4. The number of hydrogen-bond acceptors (Lipinski definition) is 3. The lowest BCUT2D eigenvalue weighted by molar-refractivity contribution is 0.101. The number of nitrogens with one attached hydrogen (secondary N) is 1. The molecule has 1 atom stereocenters. The summed E-state index contributed by atoms with van der Waals surface area (Å²) >= 11 is 9.37. The molecular weight excluding hydrogens is 360 g/mol. The van der Waals surface area contributed by atoms with Crippen LogP contribution < -0.4 is 11.2 Å². The second-order valence-electron chi connectivity index (χ2n) is 4.59. The number of methoxy groups -OCH3 is 1. The van der Waals surface area contributed by atoms with Crippen LogP contribution in [0.2, 0.25) is 5.15 Å². The summed E-state index contributed by atoms with van der Waals surface area (Å²) in [7, 11) is 1.52. The van der Waals surface area contributed by atoms with E-state index in [0.717, 1.165) is 9.04 Å². The maximum absolute atomic E-state index is 12.5. The van der Waals surface area contributed by atoms with Crippen molar-refractivity contribution >= 4 is 27.5 Å². The zero-order chi connectivity index (χ0) is 15.6. The first-order valence-electron chi connectivity index (χ1n) is 6.25. The van der Waals surface area contributed by atoms with Crippen molar-refractivity contribution in [1.82, 2.24) is 9.55 Å². The van der Waals surface area contributed by atoms with Gasteiger partial charge in [-0.05, 0) is 24.6 Å². The van der Waals surface area contributed by atoms with Gasteiger partial charge < -0.3 is 4.74 Å². The molecule has 7 heteroatoms. The SMILES string of the molecule is COC(C)Cn1c(=O)[nH]c(Cl)c(-c2ccc(Br)cc2)c1=O. The van der Waals surface area contributed by atoms with E-state index in [-0.39, 0.29) is 23.4 Å². The highest BCUT2D eigenvalue weighted by Crippen LogP contribution is 2.23. The molecule has 21 heavy (non-hydrogen) atoms. The van der Waals surface area contributed by atoms with E-state index in [9.17, 15) is 9.59 Å². The van der Waals surface area contributed by atoms with Crippen LogP contribution in [-0.4, -0.2) is 22.8 Å². The van der Waals surface area contributed by atoms with Crippen molar-refractivity contribution in [2.45, 2.75) is 19.6 Å². The topological polar surface area (TPSA) is 64.1 Å². The number of nitrogens with zero attached hydrogens (tertiary/aromatic N) is 1. The molecule has 0 spiro atoms. The molecule has 5 nitrogen and oxygen atoms in total. The lowest BCUT2D eigenvalue weighted by Crippen LogP contribution is -2.39. The summed E-state index contributed by atoms with van der Waals surface area (Å²) in [5.41, 5.74) is -0.0694. The molecule has 1 unspecified atom stereocenters. The molecule has 1 aromatic carbocycles. The number of halogens is 2. The molecule has 2 rings (SSSR count). The lowest BCUT2D eigenvalue weighted by Gasteiger charge is -2.13. The predicted octanol–water partition coefficient (Wildman–Crippen LogP) is 2.65. The van der Waals surface area contributed by atoms with Gasteiger partial charge in [0, 0.05) is 11.6 Å². The van der Waals surface area contributed by atoms with E-state index in [1.165, 1.54) is 7.11 Å². The van der Waals surface area contributed by atoms with Gasteiger partial charge in [-0.15, -0.1) is 0 Å². The molecule has 0 radical (unpaired) electrons. The first kappa shape index (κ1) is 16.0. The average Bonchev–Trinajstić information content (AvgIpc) is 2.45. The van der Waals surface area contributed by atoms with Crippen LogP contribution in [0, 0.1) is 0 Å². The largest absolute Gasteiger partial charge is 0.380 e. The first-order chi connectivity index (χ1) is 9.93. The van der Waals surface area contributed by atoms with E-state index in [4.69, 9.17) is 16.3 Å². The molecule has 0 aliphatic rings. The van der Waals surface area contributed by atoms with Gasteiger partial charge in [0.2, 0.25) is 0 Å². The van der Waals surface area contributed by atoms with Crippen LogP contribution in [-0.2, 0) is 11.3 Å². The number of H-pyrrole nitrogens is 1. The minimum Gasteiger partial charge on any atom is -0.380 e. The van der Waals surface area contributed by atoms with Crippen LogP contribution in [0.15, 0.2) is 38.3 Å².